The molecule has 1 atom stereocenters. The first-order valence-electron chi connectivity index (χ1n) is 7.55. The summed E-state index contributed by atoms with van der Waals surface area (Å²) in [7, 11) is -2.88. The van der Waals surface area contributed by atoms with E-state index >= 15 is 0 Å². The van der Waals surface area contributed by atoms with Crippen LogP contribution in [-0.4, -0.2) is 61.8 Å². The topological polar surface area (TPSA) is 66.5 Å². The van der Waals surface area contributed by atoms with Crippen LogP contribution in [0.25, 0.3) is 0 Å². The van der Waals surface area contributed by atoms with Gasteiger partial charge in [-0.05, 0) is 20.8 Å². The highest BCUT2D eigenvalue weighted by molar-refractivity contribution is 7.91. The van der Waals surface area contributed by atoms with Gasteiger partial charge in [-0.2, -0.15) is 0 Å². The van der Waals surface area contributed by atoms with Gasteiger partial charge in [-0.3, -0.25) is 9.69 Å². The molecule has 124 valence electrons. The van der Waals surface area contributed by atoms with Crippen molar-refractivity contribution in [1.82, 2.24) is 10.2 Å². The number of nitrogens with zero attached hydrogens (tertiary/aromatic N) is 1. The number of hydrogen-bond acceptors (Lipinski definition) is 5. The molecule has 0 spiro atoms. The molecule has 6 heteroatoms. The van der Waals surface area contributed by atoms with E-state index in [2.05, 4.69) is 10.2 Å². The van der Waals surface area contributed by atoms with Crippen LogP contribution in [0.1, 0.15) is 41.5 Å². The van der Waals surface area contributed by atoms with Crippen molar-refractivity contribution in [2.45, 2.75) is 53.1 Å². The third kappa shape index (κ3) is 6.45. The first kappa shape index (κ1) is 18.6. The summed E-state index contributed by atoms with van der Waals surface area (Å²) in [5, 5.41) is 3.39. The van der Waals surface area contributed by atoms with Gasteiger partial charge in [0.25, 0.3) is 0 Å². The molecule has 0 bridgehead atoms. The van der Waals surface area contributed by atoms with E-state index in [1.807, 2.05) is 41.5 Å². The minimum Gasteiger partial charge on any atom is -0.302 e. The Morgan fingerprint density at radius 1 is 1.10 bits per heavy atom. The Morgan fingerprint density at radius 2 is 1.57 bits per heavy atom. The molecule has 21 heavy (non-hydrogen) atoms. The summed E-state index contributed by atoms with van der Waals surface area (Å²) < 4.78 is 23.0. The Kier molecular flexibility index (Phi) is 5.61. The number of nitrogens with one attached hydrogen (secondary N) is 1. The van der Waals surface area contributed by atoms with E-state index in [0.29, 0.717) is 19.6 Å². The van der Waals surface area contributed by atoms with Gasteiger partial charge in [0.1, 0.15) is 0 Å². The number of sulfone groups is 1. The van der Waals surface area contributed by atoms with Gasteiger partial charge >= 0.3 is 0 Å². The molecule has 0 aromatic carbocycles. The van der Waals surface area contributed by atoms with Crippen molar-refractivity contribution in [3.8, 4) is 0 Å². The summed E-state index contributed by atoms with van der Waals surface area (Å²) in [6.07, 6.45) is 0. The Balaban J connectivity index is 2.77. The van der Waals surface area contributed by atoms with E-state index in [-0.39, 0.29) is 28.9 Å². The molecule has 0 radical (unpaired) electrons. The van der Waals surface area contributed by atoms with Gasteiger partial charge in [-0.1, -0.05) is 20.8 Å². The first-order chi connectivity index (χ1) is 9.30. The molecule has 0 aliphatic carbocycles. The van der Waals surface area contributed by atoms with Crippen LogP contribution in [0.2, 0.25) is 0 Å². The number of carbonyl (C=O) groups excluding carboxylic acids is 1. The largest absolute Gasteiger partial charge is 0.302 e. The quantitative estimate of drug-likeness (QED) is 0.840. The molecule has 1 unspecified atom stereocenters. The number of ketones is 1. The molecule has 1 fully saturated rings. The fourth-order valence-electron chi connectivity index (χ4n) is 2.43. The lowest BCUT2D eigenvalue weighted by atomic mass is 9.85. The second-order valence-electron chi connectivity index (χ2n) is 8.01. The van der Waals surface area contributed by atoms with E-state index in [9.17, 15) is 13.2 Å². The molecule has 0 amide bonds. The monoisotopic (exact) mass is 318 g/mol. The van der Waals surface area contributed by atoms with Crippen molar-refractivity contribution in [2.75, 3.05) is 31.1 Å². The van der Waals surface area contributed by atoms with Gasteiger partial charge in [-0.15, -0.1) is 0 Å². The van der Waals surface area contributed by atoms with Crippen LogP contribution in [-0.2, 0) is 14.6 Å². The highest BCUT2D eigenvalue weighted by Crippen LogP contribution is 2.19. The smallest absolute Gasteiger partial charge is 0.156 e. The van der Waals surface area contributed by atoms with E-state index in [4.69, 9.17) is 0 Å². The molecule has 0 aromatic heterocycles. The maximum Gasteiger partial charge on any atom is 0.156 e. The van der Waals surface area contributed by atoms with Crippen LogP contribution in [0.4, 0.5) is 0 Å². The normalized spacial score (nSPS) is 22.0. The standard InChI is InChI=1S/C15H30N2O3S/c1-14(2,3)13(18)12(16-15(4,5)6)11-17-7-9-21(19,20)10-8-17/h12,16H,7-11H2,1-6H3. The van der Waals surface area contributed by atoms with Crippen LogP contribution in [0.3, 0.4) is 0 Å². The third-order valence-corrected chi connectivity index (χ3v) is 5.15. The van der Waals surface area contributed by atoms with Gasteiger partial charge in [0.05, 0.1) is 17.5 Å². The molecule has 1 aliphatic heterocycles. The van der Waals surface area contributed by atoms with Crippen LogP contribution >= 0.6 is 0 Å². The molecule has 5 nitrogen and oxygen atoms in total. The zero-order chi connectivity index (χ0) is 16.5. The lowest BCUT2D eigenvalue weighted by Crippen LogP contribution is -2.57. The number of rotatable bonds is 4. The predicted octanol–water partition coefficient (Wildman–Crippen LogP) is 1.09. The summed E-state index contributed by atoms with van der Waals surface area (Å²) >= 11 is 0. The number of hydrogen-bond donors (Lipinski definition) is 1. The molecular formula is C15H30N2O3S. The second kappa shape index (κ2) is 6.34. The molecule has 1 saturated heterocycles. The molecule has 1 rings (SSSR count). The van der Waals surface area contributed by atoms with Gasteiger partial charge < -0.3 is 5.32 Å². The summed E-state index contributed by atoms with van der Waals surface area (Å²) in [4.78, 5) is 14.7. The number of carbonyl (C=O) groups is 1. The van der Waals surface area contributed by atoms with E-state index in [1.165, 1.54) is 0 Å². The van der Waals surface area contributed by atoms with E-state index in [1.54, 1.807) is 0 Å². The van der Waals surface area contributed by atoms with Crippen molar-refractivity contribution >= 4 is 15.6 Å². The highest BCUT2D eigenvalue weighted by Gasteiger charge is 2.34. The van der Waals surface area contributed by atoms with E-state index < -0.39 is 15.3 Å². The van der Waals surface area contributed by atoms with Gasteiger partial charge in [0, 0.05) is 30.6 Å². The van der Waals surface area contributed by atoms with Crippen LogP contribution in [0.5, 0.6) is 0 Å². The Labute approximate surface area is 129 Å². The lowest BCUT2D eigenvalue weighted by molar-refractivity contribution is -0.129. The molecule has 0 aromatic rings. The van der Waals surface area contributed by atoms with Crippen LogP contribution in [0.15, 0.2) is 0 Å². The predicted molar refractivity (Wildman–Crippen MR) is 86.2 cm³/mol. The minimum absolute atomic E-state index is 0.159. The molecule has 1 heterocycles. The summed E-state index contributed by atoms with van der Waals surface area (Å²) in [5.74, 6) is 0.559. The second-order valence-corrected chi connectivity index (χ2v) is 10.3. The molecule has 1 aliphatic rings. The van der Waals surface area contributed by atoms with Crippen LogP contribution in [0, 0.1) is 5.41 Å². The molecular weight excluding hydrogens is 288 g/mol. The zero-order valence-electron chi connectivity index (χ0n) is 14.2. The van der Waals surface area contributed by atoms with Gasteiger partial charge in [-0.25, -0.2) is 8.42 Å². The van der Waals surface area contributed by atoms with Crippen molar-refractivity contribution in [3.05, 3.63) is 0 Å². The average molecular weight is 318 g/mol. The SMILES string of the molecule is CC(C)(C)NC(CN1CCS(=O)(=O)CC1)C(=O)C(C)(C)C. The maximum absolute atomic E-state index is 12.6. The van der Waals surface area contributed by atoms with Crippen LogP contribution < -0.4 is 5.32 Å². The van der Waals surface area contributed by atoms with Gasteiger partial charge in [0.2, 0.25) is 0 Å². The number of Topliss-reactive ketones (excluding diaryl/α,β-unsaturated/α-hetero) is 1. The first-order valence-corrected chi connectivity index (χ1v) is 9.37. The minimum atomic E-state index is -2.88. The third-order valence-electron chi connectivity index (χ3n) is 3.54. The Hall–Kier alpha value is -0.460. The summed E-state index contributed by atoms with van der Waals surface area (Å²) in [6, 6.07) is -0.272. The molecule has 1 N–H and O–H groups in total. The van der Waals surface area contributed by atoms with Gasteiger partial charge in [0.15, 0.2) is 15.6 Å². The lowest BCUT2D eigenvalue weighted by Gasteiger charge is -2.36. The van der Waals surface area contributed by atoms with Crippen molar-refractivity contribution in [2.24, 2.45) is 5.41 Å². The van der Waals surface area contributed by atoms with Crippen molar-refractivity contribution in [1.29, 1.82) is 0 Å². The summed E-state index contributed by atoms with van der Waals surface area (Å²) in [5.41, 5.74) is -0.571. The Bertz CT molecular complexity index is 458. The fraction of sp³-hybridized carbons (Fsp3) is 0.933. The fourth-order valence-corrected chi connectivity index (χ4v) is 3.71. The molecule has 0 saturated carbocycles. The Morgan fingerprint density at radius 3 is 1.95 bits per heavy atom. The average Bonchev–Trinajstić information content (AvgIpc) is 2.27. The highest BCUT2D eigenvalue weighted by atomic mass is 32.2. The summed E-state index contributed by atoms with van der Waals surface area (Å²) in [6.45, 7) is 13.5. The maximum atomic E-state index is 12.6. The zero-order valence-corrected chi connectivity index (χ0v) is 15.0. The van der Waals surface area contributed by atoms with E-state index in [0.717, 1.165) is 0 Å². The van der Waals surface area contributed by atoms with Crippen molar-refractivity contribution in [3.63, 3.8) is 0 Å². The van der Waals surface area contributed by atoms with Crippen molar-refractivity contribution < 1.29 is 13.2 Å².